The molecular weight excluding hydrogens is 298 g/mol. The molecule has 1 aliphatic heterocycles. The van der Waals surface area contributed by atoms with Crippen LogP contribution in [0, 0.1) is 11.3 Å². The lowest BCUT2D eigenvalue weighted by Crippen LogP contribution is -2.56. The lowest BCUT2D eigenvalue weighted by atomic mass is 9.73. The van der Waals surface area contributed by atoms with E-state index in [1.807, 2.05) is 0 Å². The number of ether oxygens (including phenoxy) is 1. The molecule has 1 rings (SSSR count). The SMILES string of the molecule is CCC(C(=O)O)C(C(=O)O)(C(=O)O)C(=O)OC1CCNCC1. The van der Waals surface area contributed by atoms with Gasteiger partial charge in [0.1, 0.15) is 6.10 Å². The molecule has 1 atom stereocenters. The third-order valence-electron chi connectivity index (χ3n) is 3.79. The zero-order valence-electron chi connectivity index (χ0n) is 12.1. The first-order valence-electron chi connectivity index (χ1n) is 6.89. The first-order chi connectivity index (χ1) is 10.3. The molecule has 1 fully saturated rings. The average Bonchev–Trinajstić information content (AvgIpc) is 2.43. The summed E-state index contributed by atoms with van der Waals surface area (Å²) in [5.41, 5.74) is -3.15. The highest BCUT2D eigenvalue weighted by molar-refractivity contribution is 6.19. The Morgan fingerprint density at radius 3 is 2.00 bits per heavy atom. The Morgan fingerprint density at radius 1 is 1.14 bits per heavy atom. The molecule has 124 valence electrons. The van der Waals surface area contributed by atoms with E-state index >= 15 is 0 Å². The van der Waals surface area contributed by atoms with Crippen LogP contribution < -0.4 is 5.32 Å². The van der Waals surface area contributed by atoms with Crippen LogP contribution in [0.1, 0.15) is 26.2 Å². The molecule has 0 bridgehead atoms. The van der Waals surface area contributed by atoms with Gasteiger partial charge in [-0.25, -0.2) is 0 Å². The summed E-state index contributed by atoms with van der Waals surface area (Å²) < 4.78 is 5.01. The minimum Gasteiger partial charge on any atom is -0.481 e. The first-order valence-corrected chi connectivity index (χ1v) is 6.89. The fourth-order valence-corrected chi connectivity index (χ4v) is 2.53. The van der Waals surface area contributed by atoms with Crippen LogP contribution in [0.2, 0.25) is 0 Å². The number of esters is 1. The van der Waals surface area contributed by atoms with E-state index < -0.39 is 41.3 Å². The van der Waals surface area contributed by atoms with Gasteiger partial charge in [-0.1, -0.05) is 6.92 Å². The predicted molar refractivity (Wildman–Crippen MR) is 71.1 cm³/mol. The molecule has 0 spiro atoms. The number of carboxylic acids is 3. The van der Waals surface area contributed by atoms with Crippen LogP contribution in [-0.2, 0) is 23.9 Å². The molecule has 0 radical (unpaired) electrons. The Morgan fingerprint density at radius 2 is 1.64 bits per heavy atom. The van der Waals surface area contributed by atoms with Crippen molar-refractivity contribution in [3.63, 3.8) is 0 Å². The summed E-state index contributed by atoms with van der Waals surface area (Å²) in [5, 5.41) is 30.7. The summed E-state index contributed by atoms with van der Waals surface area (Å²) >= 11 is 0. The highest BCUT2D eigenvalue weighted by atomic mass is 16.6. The number of rotatable bonds is 7. The minimum atomic E-state index is -3.15. The Balaban J connectivity index is 3.17. The molecule has 22 heavy (non-hydrogen) atoms. The fraction of sp³-hybridized carbons (Fsp3) is 0.692. The number of hydrogen-bond donors (Lipinski definition) is 4. The molecule has 0 amide bonds. The molecule has 0 aromatic rings. The van der Waals surface area contributed by atoms with Crippen molar-refractivity contribution < 1.29 is 39.2 Å². The summed E-state index contributed by atoms with van der Waals surface area (Å²) in [6.07, 6.45) is -0.149. The summed E-state index contributed by atoms with van der Waals surface area (Å²) in [6.45, 7) is 2.39. The smallest absolute Gasteiger partial charge is 0.336 e. The van der Waals surface area contributed by atoms with E-state index in [2.05, 4.69) is 5.32 Å². The molecule has 1 aliphatic rings. The van der Waals surface area contributed by atoms with Crippen molar-refractivity contribution in [2.45, 2.75) is 32.3 Å². The van der Waals surface area contributed by atoms with Gasteiger partial charge in [-0.15, -0.1) is 0 Å². The Hall–Kier alpha value is -2.16. The van der Waals surface area contributed by atoms with Crippen LogP contribution in [-0.4, -0.2) is 58.4 Å². The topological polar surface area (TPSA) is 150 Å². The van der Waals surface area contributed by atoms with Gasteiger partial charge in [-0.3, -0.25) is 19.2 Å². The van der Waals surface area contributed by atoms with E-state index in [9.17, 15) is 29.4 Å². The van der Waals surface area contributed by atoms with Gasteiger partial charge in [0.2, 0.25) is 0 Å². The Labute approximate surface area is 126 Å². The third kappa shape index (κ3) is 3.19. The molecule has 0 aromatic carbocycles. The quantitative estimate of drug-likeness (QED) is 0.361. The predicted octanol–water partition coefficient (Wildman–Crippen LogP) is -0.452. The first kappa shape index (κ1) is 17.9. The van der Waals surface area contributed by atoms with Gasteiger partial charge in [-0.05, 0) is 32.4 Å². The Kier molecular flexibility index (Phi) is 5.86. The number of carbonyl (C=O) groups is 4. The molecule has 1 unspecified atom stereocenters. The van der Waals surface area contributed by atoms with E-state index in [0.717, 1.165) is 0 Å². The van der Waals surface area contributed by atoms with Crippen molar-refractivity contribution in [3.05, 3.63) is 0 Å². The molecule has 0 saturated carbocycles. The maximum absolute atomic E-state index is 12.3. The molecule has 0 aromatic heterocycles. The zero-order valence-corrected chi connectivity index (χ0v) is 12.1. The van der Waals surface area contributed by atoms with Crippen molar-refractivity contribution in [1.82, 2.24) is 5.32 Å². The van der Waals surface area contributed by atoms with Gasteiger partial charge in [0.05, 0.1) is 5.92 Å². The standard InChI is InChI=1S/C13H19NO8/c1-2-8(9(15)16)13(10(17)18,11(19)20)12(21)22-7-3-5-14-6-4-7/h7-8,14H,2-6H2,1H3,(H,15,16)(H,17,18)(H,19,20). The van der Waals surface area contributed by atoms with E-state index in [-0.39, 0.29) is 6.42 Å². The van der Waals surface area contributed by atoms with Crippen molar-refractivity contribution in [2.24, 2.45) is 11.3 Å². The maximum atomic E-state index is 12.3. The van der Waals surface area contributed by atoms with Gasteiger partial charge in [-0.2, -0.15) is 0 Å². The number of nitrogens with one attached hydrogen (secondary N) is 1. The van der Waals surface area contributed by atoms with E-state index in [0.29, 0.717) is 25.9 Å². The van der Waals surface area contributed by atoms with Crippen molar-refractivity contribution in [3.8, 4) is 0 Å². The fourth-order valence-electron chi connectivity index (χ4n) is 2.53. The van der Waals surface area contributed by atoms with Crippen LogP contribution in [0.15, 0.2) is 0 Å². The van der Waals surface area contributed by atoms with Gasteiger partial charge < -0.3 is 25.4 Å². The van der Waals surface area contributed by atoms with Crippen LogP contribution in [0.25, 0.3) is 0 Å². The summed E-state index contributed by atoms with van der Waals surface area (Å²) in [4.78, 5) is 46.5. The highest BCUT2D eigenvalue weighted by Crippen LogP contribution is 2.34. The second kappa shape index (κ2) is 7.21. The van der Waals surface area contributed by atoms with Gasteiger partial charge in [0.25, 0.3) is 5.41 Å². The van der Waals surface area contributed by atoms with E-state index in [1.165, 1.54) is 6.92 Å². The molecule has 9 nitrogen and oxygen atoms in total. The molecule has 0 aliphatic carbocycles. The largest absolute Gasteiger partial charge is 0.481 e. The number of piperidine rings is 1. The number of carboxylic acid groups (broad SMARTS) is 3. The van der Waals surface area contributed by atoms with E-state index in [4.69, 9.17) is 9.84 Å². The van der Waals surface area contributed by atoms with Gasteiger partial charge in [0, 0.05) is 0 Å². The highest BCUT2D eigenvalue weighted by Gasteiger charge is 2.63. The van der Waals surface area contributed by atoms with Crippen LogP contribution in [0.5, 0.6) is 0 Å². The van der Waals surface area contributed by atoms with Crippen molar-refractivity contribution in [2.75, 3.05) is 13.1 Å². The second-order valence-corrected chi connectivity index (χ2v) is 5.07. The summed E-state index contributed by atoms with van der Waals surface area (Å²) in [5.74, 6) is -9.19. The van der Waals surface area contributed by atoms with Crippen LogP contribution in [0.3, 0.4) is 0 Å². The molecule has 9 heteroatoms. The Bertz CT molecular complexity index is 455. The number of aliphatic carboxylic acids is 3. The average molecular weight is 317 g/mol. The molecular formula is C13H19NO8. The minimum absolute atomic E-state index is 0.338. The van der Waals surface area contributed by atoms with Gasteiger partial charge in [0.15, 0.2) is 0 Å². The molecule has 1 saturated heterocycles. The second-order valence-electron chi connectivity index (χ2n) is 5.07. The normalized spacial score (nSPS) is 17.5. The van der Waals surface area contributed by atoms with Gasteiger partial charge >= 0.3 is 23.9 Å². The molecule has 4 N–H and O–H groups in total. The van der Waals surface area contributed by atoms with Crippen LogP contribution in [0.4, 0.5) is 0 Å². The molecule has 1 heterocycles. The van der Waals surface area contributed by atoms with Crippen molar-refractivity contribution >= 4 is 23.9 Å². The lowest BCUT2D eigenvalue weighted by Gasteiger charge is -2.31. The van der Waals surface area contributed by atoms with Crippen molar-refractivity contribution in [1.29, 1.82) is 0 Å². The monoisotopic (exact) mass is 317 g/mol. The van der Waals surface area contributed by atoms with E-state index in [1.54, 1.807) is 0 Å². The summed E-state index contributed by atoms with van der Waals surface area (Å²) in [6, 6.07) is 0. The third-order valence-corrected chi connectivity index (χ3v) is 3.79. The number of carbonyl (C=O) groups excluding carboxylic acids is 1. The summed E-state index contributed by atoms with van der Waals surface area (Å²) in [7, 11) is 0. The van der Waals surface area contributed by atoms with Crippen LogP contribution >= 0.6 is 0 Å². The zero-order chi connectivity index (χ0) is 16.9. The lowest BCUT2D eigenvalue weighted by molar-refractivity contribution is -0.191. The maximum Gasteiger partial charge on any atom is 0.336 e. The number of hydrogen-bond acceptors (Lipinski definition) is 6.